The van der Waals surface area contributed by atoms with E-state index in [1.165, 1.54) is 14.2 Å². The molecule has 0 bridgehead atoms. The number of allylic oxidation sites excluding steroid dienone is 1. The fourth-order valence-corrected chi connectivity index (χ4v) is 3.82. The van der Waals surface area contributed by atoms with E-state index in [1.54, 1.807) is 13.0 Å². The molecule has 1 aromatic rings. The highest BCUT2D eigenvalue weighted by Gasteiger charge is 2.61. The third-order valence-electron chi connectivity index (χ3n) is 5.19. The molecule has 160 valence electrons. The van der Waals surface area contributed by atoms with Crippen LogP contribution in [0.25, 0.3) is 0 Å². The van der Waals surface area contributed by atoms with E-state index in [2.05, 4.69) is 25.4 Å². The summed E-state index contributed by atoms with van der Waals surface area (Å²) in [5, 5.41) is 0. The molecule has 0 unspecified atom stereocenters. The highest BCUT2D eigenvalue weighted by atomic mass is 79.9. The molecule has 5 nitrogen and oxygen atoms in total. The van der Waals surface area contributed by atoms with Crippen LogP contribution in [0.5, 0.6) is 0 Å². The Labute approximate surface area is 175 Å². The maximum atomic E-state index is 14.3. The Morgan fingerprint density at radius 3 is 2.21 bits per heavy atom. The molecule has 0 spiro atoms. The van der Waals surface area contributed by atoms with Gasteiger partial charge in [0.1, 0.15) is 12.4 Å². The van der Waals surface area contributed by atoms with Crippen LogP contribution >= 0.6 is 15.9 Å². The second kappa shape index (κ2) is 8.87. The Morgan fingerprint density at radius 1 is 1.07 bits per heavy atom. The van der Waals surface area contributed by atoms with Crippen molar-refractivity contribution in [3.63, 3.8) is 0 Å². The molecule has 1 fully saturated rings. The molecule has 0 radical (unpaired) electrons. The van der Waals surface area contributed by atoms with Crippen LogP contribution in [0.3, 0.4) is 0 Å². The highest BCUT2D eigenvalue weighted by Crippen LogP contribution is 2.60. The summed E-state index contributed by atoms with van der Waals surface area (Å²) in [5.74, 6) is -5.73. The van der Waals surface area contributed by atoms with Gasteiger partial charge in [0.2, 0.25) is 0 Å². The first-order valence-electron chi connectivity index (χ1n) is 8.74. The minimum atomic E-state index is -1.39. The molecule has 1 aliphatic carbocycles. The molecule has 0 amide bonds. The molecule has 0 N–H and O–H groups in total. The number of methoxy groups -OCH3 is 2. The maximum Gasteiger partial charge on any atom is 0.333 e. The van der Waals surface area contributed by atoms with Crippen molar-refractivity contribution < 1.29 is 37.0 Å². The first kappa shape index (κ1) is 23.4. The van der Waals surface area contributed by atoms with Crippen LogP contribution in [0.4, 0.5) is 13.2 Å². The molecule has 0 aliphatic heterocycles. The molecular weight excluding hydrogens is 457 g/mol. The van der Waals surface area contributed by atoms with Crippen LogP contribution in [-0.4, -0.2) is 26.2 Å². The fraction of sp³-hybridized carbons (Fsp3) is 0.500. The molecule has 1 aromatic carbocycles. The minimum absolute atomic E-state index is 0.278. The zero-order valence-corrected chi connectivity index (χ0v) is 18.3. The Morgan fingerprint density at radius 2 is 1.66 bits per heavy atom. The number of rotatable bonds is 7. The van der Waals surface area contributed by atoms with E-state index >= 15 is 0 Å². The quantitative estimate of drug-likeness (QED) is 0.329. The second-order valence-corrected chi connectivity index (χ2v) is 8.21. The second-order valence-electron chi connectivity index (χ2n) is 7.42. The predicted molar refractivity (Wildman–Crippen MR) is 101 cm³/mol. The van der Waals surface area contributed by atoms with E-state index in [0.29, 0.717) is 5.57 Å². The van der Waals surface area contributed by atoms with Gasteiger partial charge in [-0.25, -0.2) is 18.0 Å². The fourth-order valence-electron chi connectivity index (χ4n) is 3.29. The van der Waals surface area contributed by atoms with Gasteiger partial charge in [-0.3, -0.25) is 4.79 Å². The minimum Gasteiger partial charge on any atom is -0.466 e. The Hall–Kier alpha value is -1.87. The van der Waals surface area contributed by atoms with Crippen LogP contribution in [0.1, 0.15) is 31.9 Å². The van der Waals surface area contributed by atoms with Gasteiger partial charge in [-0.05, 0) is 34.2 Å². The van der Waals surface area contributed by atoms with Gasteiger partial charge in [-0.15, -0.1) is 0 Å². The van der Waals surface area contributed by atoms with Crippen LogP contribution < -0.4 is 0 Å². The molecule has 0 saturated heterocycles. The first-order chi connectivity index (χ1) is 13.5. The van der Waals surface area contributed by atoms with Crippen LogP contribution in [0, 0.1) is 34.7 Å². The monoisotopic (exact) mass is 478 g/mol. The molecule has 0 heterocycles. The molecule has 29 heavy (non-hydrogen) atoms. The summed E-state index contributed by atoms with van der Waals surface area (Å²) in [6.07, 6.45) is 1.63. The molecule has 1 saturated carbocycles. The zero-order valence-electron chi connectivity index (χ0n) is 16.7. The van der Waals surface area contributed by atoms with E-state index in [1.807, 2.05) is 13.8 Å². The van der Waals surface area contributed by atoms with Crippen LogP contribution in [-0.2, 0) is 37.0 Å². The number of ether oxygens (including phenoxy) is 3. The number of esters is 2. The lowest BCUT2D eigenvalue weighted by Crippen LogP contribution is -2.14. The summed E-state index contributed by atoms with van der Waals surface area (Å²) in [7, 11) is 2.48. The van der Waals surface area contributed by atoms with Crippen molar-refractivity contribution >= 4 is 27.9 Å². The summed E-state index contributed by atoms with van der Waals surface area (Å²) < 4.78 is 56.9. The van der Waals surface area contributed by atoms with E-state index in [0.717, 1.165) is 0 Å². The third-order valence-corrected chi connectivity index (χ3v) is 6.02. The largest absolute Gasteiger partial charge is 0.466 e. The summed E-state index contributed by atoms with van der Waals surface area (Å²) in [6.45, 7) is 4.12. The number of hydrogen-bond donors (Lipinski definition) is 0. The lowest BCUT2D eigenvalue weighted by molar-refractivity contribution is -0.147. The van der Waals surface area contributed by atoms with Crippen molar-refractivity contribution in [2.75, 3.05) is 14.2 Å². The van der Waals surface area contributed by atoms with Crippen molar-refractivity contribution in [3.8, 4) is 0 Å². The smallest absolute Gasteiger partial charge is 0.333 e. The van der Waals surface area contributed by atoms with Gasteiger partial charge in [-0.2, -0.15) is 0 Å². The molecular formula is C20H22BrF3O5. The van der Waals surface area contributed by atoms with Crippen molar-refractivity contribution in [2.24, 2.45) is 17.3 Å². The summed E-state index contributed by atoms with van der Waals surface area (Å²) in [5.41, 5.74) is -1.13. The van der Waals surface area contributed by atoms with Gasteiger partial charge in [0.25, 0.3) is 0 Å². The van der Waals surface area contributed by atoms with Crippen molar-refractivity contribution in [1.29, 1.82) is 0 Å². The van der Waals surface area contributed by atoms with Crippen molar-refractivity contribution in [1.82, 2.24) is 0 Å². The van der Waals surface area contributed by atoms with Gasteiger partial charge in [-0.1, -0.05) is 19.9 Å². The number of benzene rings is 1. The van der Waals surface area contributed by atoms with Crippen LogP contribution in [0.15, 0.2) is 16.1 Å². The lowest BCUT2D eigenvalue weighted by Gasteiger charge is -2.13. The third kappa shape index (κ3) is 4.50. The summed E-state index contributed by atoms with van der Waals surface area (Å²) in [6, 6.07) is 0. The Balaban J connectivity index is 2.17. The molecule has 2 rings (SSSR count). The number of hydrogen-bond acceptors (Lipinski definition) is 5. The number of carbonyl (C=O) groups is 2. The van der Waals surface area contributed by atoms with Gasteiger partial charge >= 0.3 is 11.9 Å². The number of halogens is 4. The average molecular weight is 479 g/mol. The van der Waals surface area contributed by atoms with Crippen LogP contribution in [0.2, 0.25) is 0 Å². The molecule has 2 atom stereocenters. The van der Waals surface area contributed by atoms with E-state index in [9.17, 15) is 22.8 Å². The van der Waals surface area contributed by atoms with Gasteiger partial charge in [0.15, 0.2) is 11.6 Å². The standard InChI is InChI=1S/C20H22BrF3O5/c1-9(18(25)28-5)6-12-13(20(12,2)3)19(26)29-8-10-14(21)15(22)11(7-27-4)17(24)16(10)23/h6,12-13H,7-8H2,1-5H3/b9-6+/t12-,13+/m1/s1. The molecule has 1 aliphatic rings. The SMILES string of the molecule is COCc1c(F)c(F)c(COC(=O)[C@@H]2[C@@H](/C=C(\C)C(=O)OC)C2(C)C)c(Br)c1F. The predicted octanol–water partition coefficient (Wildman–Crippen LogP) is 4.45. The molecule has 0 aromatic heterocycles. The van der Waals surface area contributed by atoms with Crippen molar-refractivity contribution in [3.05, 3.63) is 44.7 Å². The topological polar surface area (TPSA) is 61.8 Å². The summed E-state index contributed by atoms with van der Waals surface area (Å²) >= 11 is 2.89. The van der Waals surface area contributed by atoms with Gasteiger partial charge in [0, 0.05) is 18.2 Å². The average Bonchev–Trinajstić information content (AvgIpc) is 3.22. The number of carbonyl (C=O) groups excluding carboxylic acids is 2. The summed E-state index contributed by atoms with van der Waals surface area (Å²) in [4.78, 5) is 24.0. The van der Waals surface area contributed by atoms with E-state index in [-0.39, 0.29) is 10.4 Å². The molecule has 9 heteroatoms. The van der Waals surface area contributed by atoms with Gasteiger partial charge in [0.05, 0.1) is 29.7 Å². The Bertz CT molecular complexity index is 837. The van der Waals surface area contributed by atoms with E-state index < -0.39 is 65.1 Å². The highest BCUT2D eigenvalue weighted by molar-refractivity contribution is 9.10. The Kier molecular flexibility index (Phi) is 7.16. The maximum absolute atomic E-state index is 14.3. The van der Waals surface area contributed by atoms with E-state index in [4.69, 9.17) is 4.74 Å². The van der Waals surface area contributed by atoms with Gasteiger partial charge < -0.3 is 14.2 Å². The first-order valence-corrected chi connectivity index (χ1v) is 9.54. The zero-order chi connectivity index (χ0) is 22.1. The lowest BCUT2D eigenvalue weighted by atomic mass is 10.1. The van der Waals surface area contributed by atoms with Crippen molar-refractivity contribution in [2.45, 2.75) is 34.0 Å². The normalized spacial score (nSPS) is 20.4.